The molecule has 25 heavy (non-hydrogen) atoms. The van der Waals surface area contributed by atoms with Gasteiger partial charge in [-0.2, -0.15) is 17.9 Å². The van der Waals surface area contributed by atoms with E-state index in [0.29, 0.717) is 17.9 Å². The smallest absolute Gasteiger partial charge is 0.437 e. The molecule has 1 unspecified atom stereocenters. The Morgan fingerprint density at radius 2 is 1.96 bits per heavy atom. The molecule has 0 saturated heterocycles. The second-order valence-corrected chi connectivity index (χ2v) is 5.11. The van der Waals surface area contributed by atoms with Gasteiger partial charge in [0.15, 0.2) is 6.10 Å². The Kier molecular flexibility index (Phi) is 6.21. The van der Waals surface area contributed by atoms with Crippen molar-refractivity contribution in [1.82, 2.24) is 9.78 Å². The van der Waals surface area contributed by atoms with Crippen LogP contribution >= 0.6 is 0 Å². The lowest BCUT2D eigenvalue weighted by Gasteiger charge is -2.14. The van der Waals surface area contributed by atoms with E-state index in [-0.39, 0.29) is 19.0 Å². The van der Waals surface area contributed by atoms with Gasteiger partial charge in [-0.15, -0.1) is 5.10 Å². The van der Waals surface area contributed by atoms with Crippen LogP contribution in [0.5, 0.6) is 5.75 Å². The molecule has 0 aliphatic rings. The predicted octanol–water partition coefficient (Wildman–Crippen LogP) is 1.84. The molecule has 0 amide bonds. The minimum Gasteiger partial charge on any atom is -0.493 e. The molecule has 1 atom stereocenters. The lowest BCUT2D eigenvalue weighted by Crippen LogP contribution is -2.30. The van der Waals surface area contributed by atoms with Gasteiger partial charge < -0.3 is 19.0 Å². The van der Waals surface area contributed by atoms with Gasteiger partial charge in [0.1, 0.15) is 5.75 Å². The topological polar surface area (TPSA) is 86.7 Å². The number of halogens is 3. The van der Waals surface area contributed by atoms with Gasteiger partial charge in [0, 0.05) is 19.1 Å². The average Bonchev–Trinajstić information content (AvgIpc) is 2.93. The molecule has 2 aromatic rings. The highest BCUT2D eigenvalue weighted by atomic mass is 19.4. The molecular formula is C15H17F3N2O5. The summed E-state index contributed by atoms with van der Waals surface area (Å²) in [5.41, 5.74) is 0.510. The molecule has 0 aliphatic heterocycles. The van der Waals surface area contributed by atoms with Crippen molar-refractivity contribution in [2.24, 2.45) is 0 Å². The third kappa shape index (κ3) is 5.33. The number of aromatic nitrogens is 2. The molecule has 0 bridgehead atoms. The minimum atomic E-state index is -4.66. The van der Waals surface area contributed by atoms with Gasteiger partial charge in [-0.3, -0.25) is 0 Å². The van der Waals surface area contributed by atoms with E-state index in [1.54, 1.807) is 12.1 Å². The highest BCUT2D eigenvalue weighted by molar-refractivity contribution is 5.53. The number of rotatable bonds is 8. The maximum Gasteiger partial charge on any atom is 0.437 e. The van der Waals surface area contributed by atoms with Gasteiger partial charge in [-0.25, -0.2) is 4.79 Å². The van der Waals surface area contributed by atoms with E-state index in [2.05, 4.69) is 5.10 Å². The summed E-state index contributed by atoms with van der Waals surface area (Å²) in [5.74, 6) is -0.187. The summed E-state index contributed by atoms with van der Waals surface area (Å²) in [7, 11) is 1.50. The van der Waals surface area contributed by atoms with Crippen LogP contribution in [0.3, 0.4) is 0 Å². The van der Waals surface area contributed by atoms with E-state index in [9.17, 15) is 18.0 Å². The Morgan fingerprint density at radius 1 is 1.28 bits per heavy atom. The fourth-order valence-electron chi connectivity index (χ4n) is 1.89. The average molecular weight is 362 g/mol. The lowest BCUT2D eigenvalue weighted by atomic mass is 10.2. The minimum absolute atomic E-state index is 0.111. The summed E-state index contributed by atoms with van der Waals surface area (Å²) >= 11 is 0. The standard InChI is InChI=1S/C15H17F3N2O5/c1-23-9-7-20-14(22)25-13(19-20)10-2-4-11(5-3-10)24-8-6-12(21)15(16,17)18/h2-5,12,21H,6-9H2,1H3. The van der Waals surface area contributed by atoms with Crippen molar-refractivity contribution in [2.45, 2.75) is 25.2 Å². The predicted molar refractivity (Wildman–Crippen MR) is 80.2 cm³/mol. The molecule has 1 heterocycles. The number of nitrogens with zero attached hydrogens (tertiary/aromatic N) is 2. The van der Waals surface area contributed by atoms with Gasteiger partial charge in [-0.1, -0.05) is 0 Å². The molecule has 7 nitrogen and oxygen atoms in total. The zero-order chi connectivity index (χ0) is 18.4. The molecule has 10 heteroatoms. The van der Waals surface area contributed by atoms with Crippen molar-refractivity contribution < 1.29 is 32.2 Å². The molecule has 0 aliphatic carbocycles. The van der Waals surface area contributed by atoms with Crippen molar-refractivity contribution in [3.05, 3.63) is 34.8 Å². The van der Waals surface area contributed by atoms with Crippen molar-refractivity contribution >= 4 is 0 Å². The molecule has 0 fully saturated rings. The van der Waals surface area contributed by atoms with Gasteiger partial charge in [0.2, 0.25) is 5.89 Å². The number of hydrogen-bond acceptors (Lipinski definition) is 6. The summed E-state index contributed by atoms with van der Waals surface area (Å²) in [6, 6.07) is 6.12. The van der Waals surface area contributed by atoms with Crippen LogP contribution in [0.15, 0.2) is 33.5 Å². The molecule has 1 N–H and O–H groups in total. The molecule has 138 valence electrons. The van der Waals surface area contributed by atoms with Crippen LogP contribution < -0.4 is 10.5 Å². The second kappa shape index (κ2) is 8.17. The van der Waals surface area contributed by atoms with Crippen LogP contribution in [0.1, 0.15) is 6.42 Å². The van der Waals surface area contributed by atoms with Crippen LogP contribution in [0.25, 0.3) is 11.5 Å². The number of hydrogen-bond donors (Lipinski definition) is 1. The normalized spacial score (nSPS) is 13.0. The summed E-state index contributed by atoms with van der Waals surface area (Å²) in [5, 5.41) is 12.9. The summed E-state index contributed by atoms with van der Waals surface area (Å²) in [6.07, 6.45) is -7.65. The first-order valence-electron chi connectivity index (χ1n) is 7.36. The Morgan fingerprint density at radius 3 is 2.56 bits per heavy atom. The van der Waals surface area contributed by atoms with E-state index < -0.39 is 24.5 Å². The third-order valence-electron chi connectivity index (χ3n) is 3.25. The van der Waals surface area contributed by atoms with E-state index in [1.807, 2.05) is 0 Å². The summed E-state index contributed by atoms with van der Waals surface area (Å²) in [4.78, 5) is 11.6. The van der Waals surface area contributed by atoms with Gasteiger partial charge in [-0.05, 0) is 24.3 Å². The van der Waals surface area contributed by atoms with E-state index in [4.69, 9.17) is 19.0 Å². The molecule has 0 radical (unpaired) electrons. The maximum atomic E-state index is 12.2. The Bertz CT molecular complexity index is 724. The van der Waals surface area contributed by atoms with Crippen LogP contribution in [-0.2, 0) is 11.3 Å². The Hall–Kier alpha value is -2.33. The molecule has 1 aromatic carbocycles. The zero-order valence-electron chi connectivity index (χ0n) is 13.3. The van der Waals surface area contributed by atoms with Gasteiger partial charge in [0.25, 0.3) is 0 Å². The fourth-order valence-corrected chi connectivity index (χ4v) is 1.89. The third-order valence-corrected chi connectivity index (χ3v) is 3.25. The van der Waals surface area contributed by atoms with Crippen LogP contribution in [0.2, 0.25) is 0 Å². The van der Waals surface area contributed by atoms with Crippen LogP contribution in [0, 0.1) is 0 Å². The van der Waals surface area contributed by atoms with Crippen molar-refractivity contribution in [3.8, 4) is 17.2 Å². The quantitative estimate of drug-likeness (QED) is 0.771. The van der Waals surface area contributed by atoms with Crippen molar-refractivity contribution in [2.75, 3.05) is 20.3 Å². The van der Waals surface area contributed by atoms with Crippen molar-refractivity contribution in [3.63, 3.8) is 0 Å². The number of alkyl halides is 3. The highest BCUT2D eigenvalue weighted by Gasteiger charge is 2.37. The van der Waals surface area contributed by atoms with Crippen molar-refractivity contribution in [1.29, 1.82) is 0 Å². The number of methoxy groups -OCH3 is 1. The monoisotopic (exact) mass is 362 g/mol. The summed E-state index contributed by atoms with van der Waals surface area (Å²) in [6.45, 7) is 0.269. The van der Waals surface area contributed by atoms with Crippen LogP contribution in [0.4, 0.5) is 13.2 Å². The molecule has 0 saturated carbocycles. The first-order valence-corrected chi connectivity index (χ1v) is 7.36. The molecular weight excluding hydrogens is 345 g/mol. The summed E-state index contributed by atoms with van der Waals surface area (Å²) < 4.78 is 52.7. The zero-order valence-corrected chi connectivity index (χ0v) is 13.3. The first-order chi connectivity index (χ1) is 11.8. The second-order valence-electron chi connectivity index (χ2n) is 5.11. The fraction of sp³-hybridized carbons (Fsp3) is 0.467. The Balaban J connectivity index is 1.95. The largest absolute Gasteiger partial charge is 0.493 e. The SMILES string of the molecule is COCCn1nc(-c2ccc(OCCC(O)C(F)(F)F)cc2)oc1=O. The van der Waals surface area contributed by atoms with Crippen LogP contribution in [-0.4, -0.2) is 47.5 Å². The molecule has 0 spiro atoms. The van der Waals surface area contributed by atoms with E-state index >= 15 is 0 Å². The Labute approximate surface area is 140 Å². The van der Waals surface area contributed by atoms with Gasteiger partial charge in [0.05, 0.1) is 19.8 Å². The van der Waals surface area contributed by atoms with Gasteiger partial charge >= 0.3 is 11.9 Å². The van der Waals surface area contributed by atoms with E-state index in [0.717, 1.165) is 4.68 Å². The number of aliphatic hydroxyl groups excluding tert-OH is 1. The highest BCUT2D eigenvalue weighted by Crippen LogP contribution is 2.23. The molecule has 2 rings (SSSR count). The number of aliphatic hydroxyl groups is 1. The lowest BCUT2D eigenvalue weighted by molar-refractivity contribution is -0.206. The number of ether oxygens (including phenoxy) is 2. The molecule has 1 aromatic heterocycles. The maximum absolute atomic E-state index is 12.2. The number of benzene rings is 1. The van der Waals surface area contributed by atoms with E-state index in [1.165, 1.54) is 19.2 Å². The first kappa shape index (κ1) is 19.0.